The Morgan fingerprint density at radius 2 is 2.11 bits per heavy atom. The second kappa shape index (κ2) is 7.40. The maximum Gasteiger partial charge on any atom is 0.329 e. The van der Waals surface area contributed by atoms with Gasteiger partial charge in [0.05, 0.1) is 12.6 Å². The maximum atomic E-state index is 12.5. The van der Waals surface area contributed by atoms with Crippen molar-refractivity contribution in [3.8, 4) is 0 Å². The summed E-state index contributed by atoms with van der Waals surface area (Å²) in [7, 11) is 0. The summed E-state index contributed by atoms with van der Waals surface area (Å²) in [6, 6.07) is -0.571. The van der Waals surface area contributed by atoms with Crippen molar-refractivity contribution in [3.63, 3.8) is 0 Å². The average Bonchev–Trinajstić information content (AvgIpc) is 2.47. The molecule has 0 radical (unpaired) electrons. The van der Waals surface area contributed by atoms with Gasteiger partial charge in [-0.3, -0.25) is 4.79 Å². The van der Waals surface area contributed by atoms with Gasteiger partial charge >= 0.3 is 5.97 Å². The SMILES string of the molecule is CCOC(=O)C1CSCCN1C(=O)C1CSCCN1. The first-order chi connectivity index (χ1) is 9.24. The van der Waals surface area contributed by atoms with Crippen LogP contribution in [-0.2, 0) is 14.3 Å². The molecule has 0 saturated carbocycles. The van der Waals surface area contributed by atoms with Crippen molar-refractivity contribution in [2.45, 2.75) is 19.0 Å². The Bertz CT molecular complexity index is 335. The van der Waals surface area contributed by atoms with Crippen LogP contribution in [0, 0.1) is 0 Å². The summed E-state index contributed by atoms with van der Waals surface area (Å²) in [4.78, 5) is 26.2. The topological polar surface area (TPSA) is 58.6 Å². The number of nitrogens with zero attached hydrogens (tertiary/aromatic N) is 1. The van der Waals surface area contributed by atoms with Crippen LogP contribution in [0.5, 0.6) is 0 Å². The Balaban J connectivity index is 2.01. The lowest BCUT2D eigenvalue weighted by Crippen LogP contribution is -2.58. The normalized spacial score (nSPS) is 27.9. The lowest BCUT2D eigenvalue weighted by atomic mass is 10.2. The molecule has 2 rings (SSSR count). The molecule has 2 heterocycles. The first kappa shape index (κ1) is 15.0. The summed E-state index contributed by atoms with van der Waals surface area (Å²) in [5, 5.41) is 3.24. The molecule has 19 heavy (non-hydrogen) atoms. The second-order valence-electron chi connectivity index (χ2n) is 4.46. The van der Waals surface area contributed by atoms with Crippen LogP contribution < -0.4 is 5.32 Å². The molecule has 0 aliphatic carbocycles. The van der Waals surface area contributed by atoms with E-state index in [1.54, 1.807) is 35.3 Å². The van der Waals surface area contributed by atoms with Crippen molar-refractivity contribution in [1.29, 1.82) is 0 Å². The molecule has 108 valence electrons. The van der Waals surface area contributed by atoms with Gasteiger partial charge in [-0.15, -0.1) is 0 Å². The first-order valence-corrected chi connectivity index (χ1v) is 8.91. The van der Waals surface area contributed by atoms with Crippen molar-refractivity contribution in [1.82, 2.24) is 10.2 Å². The summed E-state index contributed by atoms with van der Waals surface area (Å²) in [6.07, 6.45) is 0. The van der Waals surface area contributed by atoms with Crippen molar-refractivity contribution in [2.24, 2.45) is 0 Å². The highest BCUT2D eigenvalue weighted by Gasteiger charge is 2.36. The van der Waals surface area contributed by atoms with Crippen LogP contribution >= 0.6 is 23.5 Å². The third-order valence-electron chi connectivity index (χ3n) is 3.19. The van der Waals surface area contributed by atoms with E-state index in [1.165, 1.54) is 0 Å². The van der Waals surface area contributed by atoms with Crippen LogP contribution in [0.3, 0.4) is 0 Å². The van der Waals surface area contributed by atoms with E-state index in [2.05, 4.69) is 5.32 Å². The number of thioether (sulfide) groups is 2. The van der Waals surface area contributed by atoms with E-state index in [-0.39, 0.29) is 17.9 Å². The van der Waals surface area contributed by atoms with E-state index >= 15 is 0 Å². The van der Waals surface area contributed by atoms with Crippen LogP contribution in [0.2, 0.25) is 0 Å². The van der Waals surface area contributed by atoms with E-state index in [1.807, 2.05) is 0 Å². The summed E-state index contributed by atoms with van der Waals surface area (Å²) >= 11 is 3.49. The Kier molecular flexibility index (Phi) is 5.84. The van der Waals surface area contributed by atoms with Gasteiger partial charge in [0.2, 0.25) is 5.91 Å². The number of amides is 1. The Hall–Kier alpha value is -0.400. The van der Waals surface area contributed by atoms with Gasteiger partial charge in [0.25, 0.3) is 0 Å². The minimum absolute atomic E-state index is 0.0468. The monoisotopic (exact) mass is 304 g/mol. The molecule has 2 aliphatic rings. The lowest BCUT2D eigenvalue weighted by molar-refractivity contribution is -0.154. The third kappa shape index (κ3) is 3.79. The third-order valence-corrected chi connectivity index (χ3v) is 5.27. The number of hydrogen-bond donors (Lipinski definition) is 1. The molecular weight excluding hydrogens is 284 g/mol. The molecule has 0 spiro atoms. The Morgan fingerprint density at radius 1 is 1.32 bits per heavy atom. The molecule has 2 aliphatic heterocycles. The largest absolute Gasteiger partial charge is 0.464 e. The van der Waals surface area contributed by atoms with Crippen LogP contribution in [0.1, 0.15) is 6.92 Å². The molecule has 0 aromatic carbocycles. The standard InChI is InChI=1S/C12H20N2O3S2/c1-2-17-12(16)10-8-19-6-4-14(10)11(15)9-7-18-5-3-13-9/h9-10,13H,2-8H2,1H3. The van der Waals surface area contributed by atoms with Gasteiger partial charge in [0.15, 0.2) is 0 Å². The fourth-order valence-electron chi connectivity index (χ4n) is 2.23. The van der Waals surface area contributed by atoms with E-state index in [4.69, 9.17) is 4.74 Å². The smallest absolute Gasteiger partial charge is 0.329 e. The van der Waals surface area contributed by atoms with E-state index in [0.29, 0.717) is 18.9 Å². The van der Waals surface area contributed by atoms with Crippen molar-refractivity contribution in [3.05, 3.63) is 0 Å². The van der Waals surface area contributed by atoms with Gasteiger partial charge in [0, 0.05) is 36.1 Å². The predicted octanol–water partition coefficient (Wildman–Crippen LogP) is 0.198. The number of carbonyl (C=O) groups is 2. The molecule has 2 atom stereocenters. The van der Waals surface area contributed by atoms with Crippen molar-refractivity contribution in [2.75, 3.05) is 42.7 Å². The zero-order valence-electron chi connectivity index (χ0n) is 11.1. The number of hydrogen-bond acceptors (Lipinski definition) is 6. The highest BCUT2D eigenvalue weighted by molar-refractivity contribution is 7.99. The van der Waals surface area contributed by atoms with Crippen LogP contribution in [0.15, 0.2) is 0 Å². The number of nitrogens with one attached hydrogen (secondary N) is 1. The minimum atomic E-state index is -0.417. The van der Waals surface area contributed by atoms with Gasteiger partial charge in [-0.2, -0.15) is 23.5 Å². The van der Waals surface area contributed by atoms with E-state index in [9.17, 15) is 9.59 Å². The minimum Gasteiger partial charge on any atom is -0.464 e. The quantitative estimate of drug-likeness (QED) is 0.752. The summed E-state index contributed by atoms with van der Waals surface area (Å²) < 4.78 is 5.08. The Morgan fingerprint density at radius 3 is 2.79 bits per heavy atom. The molecule has 0 aromatic heterocycles. The molecule has 5 nitrogen and oxygen atoms in total. The molecule has 7 heteroatoms. The van der Waals surface area contributed by atoms with Crippen LogP contribution in [-0.4, -0.2) is 71.6 Å². The molecule has 1 N–H and O–H groups in total. The maximum absolute atomic E-state index is 12.5. The predicted molar refractivity (Wildman–Crippen MR) is 78.6 cm³/mol. The van der Waals surface area contributed by atoms with E-state index < -0.39 is 6.04 Å². The molecule has 1 amide bonds. The molecule has 2 saturated heterocycles. The van der Waals surface area contributed by atoms with Gasteiger partial charge in [0.1, 0.15) is 6.04 Å². The fourth-order valence-corrected chi connectivity index (χ4v) is 4.18. The molecule has 0 aromatic rings. The summed E-state index contributed by atoms with van der Waals surface area (Å²) in [5.74, 6) is 3.14. The van der Waals surface area contributed by atoms with Crippen molar-refractivity contribution < 1.29 is 14.3 Å². The number of esters is 1. The Labute approximate surface area is 122 Å². The van der Waals surface area contributed by atoms with Gasteiger partial charge in [-0.25, -0.2) is 4.79 Å². The first-order valence-electron chi connectivity index (χ1n) is 6.60. The van der Waals surface area contributed by atoms with Crippen LogP contribution in [0.4, 0.5) is 0 Å². The van der Waals surface area contributed by atoms with Gasteiger partial charge < -0.3 is 15.0 Å². The zero-order chi connectivity index (χ0) is 13.7. The molecule has 2 fully saturated rings. The highest BCUT2D eigenvalue weighted by atomic mass is 32.2. The van der Waals surface area contributed by atoms with Crippen molar-refractivity contribution >= 4 is 35.4 Å². The lowest BCUT2D eigenvalue weighted by Gasteiger charge is -2.36. The highest BCUT2D eigenvalue weighted by Crippen LogP contribution is 2.20. The molecular formula is C12H20N2O3S2. The number of rotatable bonds is 3. The molecule has 0 bridgehead atoms. The fraction of sp³-hybridized carbons (Fsp3) is 0.833. The van der Waals surface area contributed by atoms with E-state index in [0.717, 1.165) is 23.8 Å². The zero-order valence-corrected chi connectivity index (χ0v) is 12.7. The average molecular weight is 304 g/mol. The number of ether oxygens (including phenoxy) is 1. The summed E-state index contributed by atoms with van der Waals surface area (Å²) in [5.41, 5.74) is 0. The summed E-state index contributed by atoms with van der Waals surface area (Å²) in [6.45, 7) is 3.64. The van der Waals surface area contributed by atoms with Crippen LogP contribution in [0.25, 0.3) is 0 Å². The number of carbonyl (C=O) groups excluding carboxylic acids is 2. The second-order valence-corrected chi connectivity index (χ2v) is 6.76. The van der Waals surface area contributed by atoms with Gasteiger partial charge in [-0.1, -0.05) is 0 Å². The molecule has 2 unspecified atom stereocenters. The van der Waals surface area contributed by atoms with Gasteiger partial charge in [-0.05, 0) is 6.92 Å².